The lowest BCUT2D eigenvalue weighted by Crippen LogP contribution is -2.62. The van der Waals surface area contributed by atoms with Crippen molar-refractivity contribution in [1.29, 1.82) is 0 Å². The highest BCUT2D eigenvalue weighted by Gasteiger charge is 2.48. The van der Waals surface area contributed by atoms with Gasteiger partial charge in [0, 0.05) is 5.92 Å². The van der Waals surface area contributed by atoms with Crippen molar-refractivity contribution in [1.82, 2.24) is 10.6 Å². The van der Waals surface area contributed by atoms with Gasteiger partial charge in [0.2, 0.25) is 0 Å². The monoisotopic (exact) mass is 826 g/mol. The molecular formula is C50H62N2O5Si2. The van der Waals surface area contributed by atoms with E-state index in [1.54, 1.807) is 0 Å². The summed E-state index contributed by atoms with van der Waals surface area (Å²) in [6.07, 6.45) is -1.77. The van der Waals surface area contributed by atoms with E-state index in [4.69, 9.17) is 13.6 Å². The van der Waals surface area contributed by atoms with Crippen molar-refractivity contribution in [2.75, 3.05) is 13.2 Å². The van der Waals surface area contributed by atoms with E-state index in [9.17, 15) is 4.79 Å². The zero-order valence-corrected chi connectivity index (χ0v) is 38.5. The van der Waals surface area contributed by atoms with Gasteiger partial charge in [0.05, 0.1) is 12.6 Å². The number of carbonyl (C=O) groups is 2. The van der Waals surface area contributed by atoms with E-state index in [-0.39, 0.29) is 35.1 Å². The summed E-state index contributed by atoms with van der Waals surface area (Å²) in [7, 11) is -5.07. The van der Waals surface area contributed by atoms with Gasteiger partial charge in [0.15, 0.2) is 16.6 Å². The Hall–Kier alpha value is -4.81. The molecule has 0 fully saturated rings. The largest absolute Gasteiger partial charge is 0.449 e. The Morgan fingerprint density at radius 1 is 0.593 bits per heavy atom. The van der Waals surface area contributed by atoms with Gasteiger partial charge in [0.25, 0.3) is 5.91 Å². The minimum atomic E-state index is -2.69. The Labute approximate surface area is 354 Å². The third-order valence-corrected chi connectivity index (χ3v) is 21.8. The fraction of sp³-hybridized carbons (Fsp3) is 0.360. The van der Waals surface area contributed by atoms with Crippen LogP contribution in [0.1, 0.15) is 75.3 Å². The molecule has 0 aromatic heterocycles. The molecule has 59 heavy (non-hydrogen) atoms. The molecule has 0 radical (unpaired) electrons. The number of benzene rings is 5. The van der Waals surface area contributed by atoms with Crippen molar-refractivity contribution in [2.24, 2.45) is 0 Å². The number of amides is 2. The van der Waals surface area contributed by atoms with Gasteiger partial charge >= 0.3 is 6.09 Å². The van der Waals surface area contributed by atoms with Gasteiger partial charge in [-0.1, -0.05) is 181 Å². The van der Waals surface area contributed by atoms with Crippen LogP contribution in [0.3, 0.4) is 0 Å². The summed E-state index contributed by atoms with van der Waals surface area (Å²) >= 11 is 0. The van der Waals surface area contributed by atoms with E-state index in [1.165, 1.54) is 0 Å². The van der Waals surface area contributed by atoms with Crippen LogP contribution < -0.4 is 10.6 Å². The van der Waals surface area contributed by atoms with Crippen molar-refractivity contribution in [2.45, 2.75) is 101 Å². The molecule has 310 valence electrons. The van der Waals surface area contributed by atoms with Crippen molar-refractivity contribution < 1.29 is 23.2 Å². The Bertz CT molecular complexity index is 2060. The lowest BCUT2D eigenvalue weighted by molar-refractivity contribution is -0.131. The number of ether oxygens (including phenoxy) is 1. The number of hydrogen-bond acceptors (Lipinski definition) is 5. The van der Waals surface area contributed by atoms with E-state index in [2.05, 4.69) is 103 Å². The second kappa shape index (κ2) is 17.4. The standard InChI is InChI=1S/C50H62N2O5Si2/c1-48(2,3)58(7,8)56-35-44(51-47(54)55-34-43-41-32-22-20-30-39(41)40-31-21-23-33-42(40)43)45(57-59(9,10)49(4,5)6)46(53)52-50(36-24-14-11-15-25-36,37-26-16-12-17-27-37)38-28-18-13-19-29-38/h11-33,43-45H,34-35H2,1-10H3,(H,51,54)(H,52,53)/t44-,45?/m1/s1. The maximum Gasteiger partial charge on any atom is 0.407 e. The van der Waals surface area contributed by atoms with Gasteiger partial charge in [-0.05, 0) is 75.2 Å². The predicted molar refractivity (Wildman–Crippen MR) is 245 cm³/mol. The van der Waals surface area contributed by atoms with Crippen LogP contribution in [0, 0.1) is 0 Å². The molecule has 2 N–H and O–H groups in total. The number of carbonyl (C=O) groups excluding carboxylic acids is 2. The number of alkyl carbamates (subject to hydrolysis) is 1. The number of hydrogen-bond donors (Lipinski definition) is 2. The topological polar surface area (TPSA) is 85.9 Å². The molecule has 9 heteroatoms. The second-order valence-electron chi connectivity index (χ2n) is 18.8. The molecule has 1 aliphatic rings. The summed E-state index contributed by atoms with van der Waals surface area (Å²) in [4.78, 5) is 29.9. The van der Waals surface area contributed by atoms with Crippen molar-refractivity contribution in [3.8, 4) is 11.1 Å². The number of nitrogens with one attached hydrogen (secondary N) is 2. The molecule has 7 nitrogen and oxygen atoms in total. The summed E-state index contributed by atoms with van der Waals surface area (Å²) in [5.74, 6) is -0.491. The maximum atomic E-state index is 15.6. The van der Waals surface area contributed by atoms with Gasteiger partial charge < -0.3 is 24.2 Å². The molecule has 0 spiro atoms. The fourth-order valence-corrected chi connectivity index (χ4v) is 9.65. The zero-order chi connectivity index (χ0) is 42.6. The second-order valence-corrected chi connectivity index (χ2v) is 28.3. The molecule has 5 aromatic rings. The first-order valence-corrected chi connectivity index (χ1v) is 26.6. The summed E-state index contributed by atoms with van der Waals surface area (Å²) in [6, 6.07) is 45.7. The number of rotatable bonds is 14. The molecule has 2 amide bonds. The van der Waals surface area contributed by atoms with Crippen LogP contribution >= 0.6 is 0 Å². The molecule has 2 atom stereocenters. The molecular weight excluding hydrogens is 765 g/mol. The van der Waals surface area contributed by atoms with Gasteiger partial charge in [-0.2, -0.15) is 0 Å². The Kier molecular flexibility index (Phi) is 12.9. The van der Waals surface area contributed by atoms with Gasteiger partial charge in [0.1, 0.15) is 18.2 Å². The van der Waals surface area contributed by atoms with Crippen LogP contribution in [-0.2, 0) is 23.9 Å². The summed E-state index contributed by atoms with van der Waals surface area (Å²) in [6.45, 7) is 21.8. The molecule has 0 saturated carbocycles. The third kappa shape index (κ3) is 9.34. The molecule has 0 bridgehead atoms. The molecule has 0 saturated heterocycles. The average molecular weight is 827 g/mol. The summed E-state index contributed by atoms with van der Waals surface area (Å²) in [5.41, 5.74) is 6.09. The van der Waals surface area contributed by atoms with Crippen LogP contribution in [0.15, 0.2) is 140 Å². The van der Waals surface area contributed by atoms with Crippen LogP contribution in [-0.4, -0.2) is 54.0 Å². The smallest absolute Gasteiger partial charge is 0.407 e. The Morgan fingerprint density at radius 3 is 1.42 bits per heavy atom. The van der Waals surface area contributed by atoms with Gasteiger partial charge in [-0.3, -0.25) is 4.79 Å². The summed E-state index contributed by atoms with van der Waals surface area (Å²) < 4.78 is 20.2. The quantitative estimate of drug-likeness (QED) is 0.0860. The van der Waals surface area contributed by atoms with Crippen LogP contribution in [0.5, 0.6) is 0 Å². The average Bonchev–Trinajstić information content (AvgIpc) is 3.53. The van der Waals surface area contributed by atoms with E-state index >= 15 is 4.79 Å². The Balaban J connectivity index is 1.41. The lowest BCUT2D eigenvalue weighted by Gasteiger charge is -2.44. The molecule has 1 unspecified atom stereocenters. The highest BCUT2D eigenvalue weighted by atomic mass is 28.4. The van der Waals surface area contributed by atoms with E-state index in [0.29, 0.717) is 0 Å². The third-order valence-electron chi connectivity index (χ3n) is 12.9. The van der Waals surface area contributed by atoms with E-state index in [0.717, 1.165) is 38.9 Å². The van der Waals surface area contributed by atoms with Crippen molar-refractivity contribution >= 4 is 28.6 Å². The van der Waals surface area contributed by atoms with Crippen molar-refractivity contribution in [3.63, 3.8) is 0 Å². The van der Waals surface area contributed by atoms with E-state index < -0.39 is 40.4 Å². The van der Waals surface area contributed by atoms with Crippen molar-refractivity contribution in [3.05, 3.63) is 167 Å². The zero-order valence-electron chi connectivity index (χ0n) is 36.5. The highest BCUT2D eigenvalue weighted by Crippen LogP contribution is 2.45. The molecule has 5 aromatic carbocycles. The van der Waals surface area contributed by atoms with Crippen LogP contribution in [0.25, 0.3) is 11.1 Å². The highest BCUT2D eigenvalue weighted by molar-refractivity contribution is 6.74. The summed E-state index contributed by atoms with van der Waals surface area (Å²) in [5, 5.41) is 6.32. The fourth-order valence-electron chi connectivity index (χ4n) is 7.36. The maximum absolute atomic E-state index is 15.6. The minimum absolute atomic E-state index is 0.0579. The SMILES string of the molecule is CC(C)(C)[Si](C)(C)OC[C@@H](NC(=O)OCC1c2ccccc2-c2ccccc21)C(O[Si](C)(C)C(C)(C)C)C(=O)NC(c1ccccc1)(c1ccccc1)c1ccccc1. The normalized spacial score (nSPS) is 14.5. The first-order chi connectivity index (χ1) is 27.9. The lowest BCUT2D eigenvalue weighted by atomic mass is 9.76. The molecule has 6 rings (SSSR count). The van der Waals surface area contributed by atoms with Crippen LogP contribution in [0.2, 0.25) is 36.3 Å². The molecule has 0 heterocycles. The van der Waals surface area contributed by atoms with Gasteiger partial charge in [-0.15, -0.1) is 0 Å². The molecule has 1 aliphatic carbocycles. The minimum Gasteiger partial charge on any atom is -0.449 e. The predicted octanol–water partition coefficient (Wildman–Crippen LogP) is 11.4. The van der Waals surface area contributed by atoms with Crippen LogP contribution in [0.4, 0.5) is 4.79 Å². The van der Waals surface area contributed by atoms with E-state index in [1.807, 2.05) is 115 Å². The number of fused-ring (bicyclic) bond motifs is 3. The Morgan fingerprint density at radius 2 is 1.00 bits per heavy atom. The first-order valence-electron chi connectivity index (χ1n) is 20.8. The van der Waals surface area contributed by atoms with Gasteiger partial charge in [-0.25, -0.2) is 4.79 Å². The molecule has 0 aliphatic heterocycles. The first kappa shape index (κ1) is 43.8.